The van der Waals surface area contributed by atoms with Crippen LogP contribution in [0.2, 0.25) is 0 Å². The average molecular weight is 298 g/mol. The molecule has 4 aliphatic heterocycles. The number of rotatable bonds is 1. The number of aromatic nitrogens is 1. The number of ether oxygens (including phenoxy) is 1. The van der Waals surface area contributed by atoms with Crippen LogP contribution in [-0.4, -0.2) is 47.7 Å². The van der Waals surface area contributed by atoms with E-state index in [1.807, 2.05) is 12.1 Å². The summed E-state index contributed by atoms with van der Waals surface area (Å²) in [4.78, 5) is 11.5. The van der Waals surface area contributed by atoms with Crippen molar-refractivity contribution in [3.63, 3.8) is 0 Å². The van der Waals surface area contributed by atoms with Gasteiger partial charge in [0.25, 0.3) is 6.02 Å². The van der Waals surface area contributed by atoms with Crippen LogP contribution in [0.25, 0.3) is 11.0 Å². The maximum Gasteiger partial charge on any atom is 0.291 e. The Labute approximate surface area is 128 Å². The van der Waals surface area contributed by atoms with Gasteiger partial charge in [0, 0.05) is 18.7 Å². The van der Waals surface area contributed by atoms with Gasteiger partial charge in [0.05, 0.1) is 18.2 Å². The van der Waals surface area contributed by atoms with E-state index in [0.29, 0.717) is 11.9 Å². The van der Waals surface area contributed by atoms with Gasteiger partial charge in [0.2, 0.25) is 0 Å². The molecule has 1 unspecified atom stereocenters. The van der Waals surface area contributed by atoms with E-state index < -0.39 is 0 Å². The first-order valence-electron chi connectivity index (χ1n) is 7.87. The molecule has 0 aromatic carbocycles. The molecule has 6 heterocycles. The molecule has 0 saturated carbocycles. The number of furan rings is 1. The Kier molecular flexibility index (Phi) is 2.52. The highest BCUT2D eigenvalue weighted by atomic mass is 16.5. The fraction of sp³-hybridized carbons (Fsp3) is 0.500. The molecule has 114 valence electrons. The molecule has 1 N–H and O–H groups in total. The number of nitrogens with zero attached hydrogens (tertiary/aromatic N) is 3. The van der Waals surface area contributed by atoms with Crippen molar-refractivity contribution in [2.75, 3.05) is 31.5 Å². The molecule has 3 saturated heterocycles. The minimum absolute atomic E-state index is 0.122. The summed E-state index contributed by atoms with van der Waals surface area (Å²) in [7, 11) is 0. The van der Waals surface area contributed by atoms with Gasteiger partial charge < -0.3 is 9.15 Å². The van der Waals surface area contributed by atoms with Gasteiger partial charge in [-0.2, -0.15) is 0 Å². The van der Waals surface area contributed by atoms with E-state index in [-0.39, 0.29) is 5.60 Å². The quantitative estimate of drug-likeness (QED) is 0.873. The molecule has 3 fully saturated rings. The van der Waals surface area contributed by atoms with Gasteiger partial charge in [0.15, 0.2) is 0 Å². The van der Waals surface area contributed by atoms with Crippen LogP contribution < -0.4 is 5.32 Å². The Morgan fingerprint density at radius 2 is 2.18 bits per heavy atom. The highest BCUT2D eigenvalue weighted by Crippen LogP contribution is 2.41. The van der Waals surface area contributed by atoms with Crippen LogP contribution in [0.1, 0.15) is 12.8 Å². The third-order valence-corrected chi connectivity index (χ3v) is 5.22. The van der Waals surface area contributed by atoms with Crippen molar-refractivity contribution < 1.29 is 9.15 Å². The van der Waals surface area contributed by atoms with Crippen molar-refractivity contribution in [3.8, 4) is 0 Å². The Morgan fingerprint density at radius 3 is 3.00 bits per heavy atom. The maximum atomic E-state index is 6.28. The number of fused-ring (bicyclic) bond motifs is 3. The second kappa shape index (κ2) is 4.46. The first-order valence-corrected chi connectivity index (χ1v) is 7.87. The molecule has 0 radical (unpaired) electrons. The standard InChI is InChI=1S/C16H18N4O2/c1-5-17-14(12-4-8-21-13(1)12)19-15-18-9-16(22-15)10-20-6-2-11(16)3-7-20/h1,4-5,8,11H,2-3,6-7,9-10H2,(H,17,18,19). The molecule has 2 bridgehead atoms. The van der Waals surface area contributed by atoms with Crippen LogP contribution in [0.3, 0.4) is 0 Å². The minimum atomic E-state index is -0.122. The Bertz CT molecular complexity index is 747. The third-order valence-electron chi connectivity index (χ3n) is 5.22. The van der Waals surface area contributed by atoms with Crippen LogP contribution in [0.5, 0.6) is 0 Å². The monoisotopic (exact) mass is 298 g/mol. The topological polar surface area (TPSA) is 62.9 Å². The van der Waals surface area contributed by atoms with Gasteiger partial charge in [-0.05, 0) is 38.1 Å². The third kappa shape index (κ3) is 1.76. The number of hydrogen-bond donors (Lipinski definition) is 1. The average Bonchev–Trinajstić information content (AvgIpc) is 3.17. The molecule has 2 aromatic rings. The molecule has 22 heavy (non-hydrogen) atoms. The predicted molar refractivity (Wildman–Crippen MR) is 82.9 cm³/mol. The molecule has 2 aromatic heterocycles. The van der Waals surface area contributed by atoms with Crippen molar-refractivity contribution in [2.45, 2.75) is 18.4 Å². The van der Waals surface area contributed by atoms with Crippen molar-refractivity contribution in [2.24, 2.45) is 10.9 Å². The molecule has 1 spiro atoms. The lowest BCUT2D eigenvalue weighted by Gasteiger charge is -2.50. The van der Waals surface area contributed by atoms with Gasteiger partial charge in [-0.15, -0.1) is 0 Å². The fourth-order valence-electron chi connectivity index (χ4n) is 4.04. The smallest absolute Gasteiger partial charge is 0.291 e. The summed E-state index contributed by atoms with van der Waals surface area (Å²) in [6, 6.07) is 4.35. The van der Waals surface area contributed by atoms with Gasteiger partial charge in [-0.1, -0.05) is 0 Å². The van der Waals surface area contributed by atoms with Crippen LogP contribution in [0.15, 0.2) is 34.0 Å². The van der Waals surface area contributed by atoms with E-state index in [0.717, 1.165) is 29.9 Å². The number of pyridine rings is 1. The number of anilines is 1. The second-order valence-corrected chi connectivity index (χ2v) is 6.46. The summed E-state index contributed by atoms with van der Waals surface area (Å²) in [5.74, 6) is 1.36. The van der Waals surface area contributed by atoms with E-state index in [1.54, 1.807) is 12.5 Å². The zero-order valence-electron chi connectivity index (χ0n) is 12.3. The molecular weight excluding hydrogens is 280 g/mol. The highest BCUT2D eigenvalue weighted by molar-refractivity contribution is 5.98. The van der Waals surface area contributed by atoms with E-state index in [1.165, 1.54) is 25.9 Å². The minimum Gasteiger partial charge on any atom is -0.464 e. The predicted octanol–water partition coefficient (Wildman–Crippen LogP) is 2.09. The Hall–Kier alpha value is -2.08. The van der Waals surface area contributed by atoms with Gasteiger partial charge in [-0.25, -0.2) is 9.98 Å². The first-order chi connectivity index (χ1) is 10.8. The molecule has 6 nitrogen and oxygen atoms in total. The van der Waals surface area contributed by atoms with Gasteiger partial charge >= 0.3 is 0 Å². The lowest BCUT2D eigenvalue weighted by molar-refractivity contribution is -0.0829. The van der Waals surface area contributed by atoms with Gasteiger partial charge in [0.1, 0.15) is 17.0 Å². The molecular formula is C16H18N4O2. The molecule has 4 aliphatic rings. The molecule has 0 aliphatic carbocycles. The fourth-order valence-corrected chi connectivity index (χ4v) is 4.04. The number of hydrogen-bond acceptors (Lipinski definition) is 6. The first kappa shape index (κ1) is 12.5. The number of nitrogens with one attached hydrogen (secondary N) is 1. The van der Waals surface area contributed by atoms with Crippen molar-refractivity contribution in [3.05, 3.63) is 24.6 Å². The molecule has 6 heteroatoms. The lowest BCUT2D eigenvalue weighted by atomic mass is 9.75. The number of piperidine rings is 3. The zero-order valence-corrected chi connectivity index (χ0v) is 12.3. The molecule has 0 amide bonds. The summed E-state index contributed by atoms with van der Waals surface area (Å²) in [5, 5.41) is 4.19. The van der Waals surface area contributed by atoms with Crippen molar-refractivity contribution in [1.29, 1.82) is 0 Å². The van der Waals surface area contributed by atoms with Crippen LogP contribution in [0, 0.1) is 5.92 Å². The maximum absolute atomic E-state index is 6.28. The summed E-state index contributed by atoms with van der Waals surface area (Å²) < 4.78 is 11.7. The zero-order chi connectivity index (χ0) is 14.6. The van der Waals surface area contributed by atoms with E-state index >= 15 is 0 Å². The lowest BCUT2D eigenvalue weighted by Crippen LogP contribution is -2.61. The normalized spacial score (nSPS) is 33.2. The van der Waals surface area contributed by atoms with E-state index in [4.69, 9.17) is 9.15 Å². The Morgan fingerprint density at radius 1 is 1.27 bits per heavy atom. The van der Waals surface area contributed by atoms with Crippen molar-refractivity contribution >= 4 is 22.8 Å². The SMILES string of the molecule is c1cc2occc2c(NC2=NCC3(CN4CCC3CC4)O2)n1. The van der Waals surface area contributed by atoms with Crippen molar-refractivity contribution in [1.82, 2.24) is 9.88 Å². The van der Waals surface area contributed by atoms with Crippen LogP contribution in [0.4, 0.5) is 5.82 Å². The summed E-state index contributed by atoms with van der Waals surface area (Å²) >= 11 is 0. The number of aliphatic imine (C=N–C) groups is 1. The van der Waals surface area contributed by atoms with E-state index in [9.17, 15) is 0 Å². The molecule has 6 rings (SSSR count). The summed E-state index contributed by atoms with van der Waals surface area (Å²) in [6.07, 6.45) is 5.84. The Balaban J connectivity index is 1.39. The summed E-state index contributed by atoms with van der Waals surface area (Å²) in [5.41, 5.74) is 0.692. The van der Waals surface area contributed by atoms with E-state index in [2.05, 4.69) is 20.2 Å². The van der Waals surface area contributed by atoms with Crippen LogP contribution in [-0.2, 0) is 4.74 Å². The highest BCUT2D eigenvalue weighted by Gasteiger charge is 2.51. The largest absolute Gasteiger partial charge is 0.464 e. The molecule has 1 atom stereocenters. The second-order valence-electron chi connectivity index (χ2n) is 6.46. The summed E-state index contributed by atoms with van der Waals surface area (Å²) in [6.45, 7) is 4.15. The van der Waals surface area contributed by atoms with Gasteiger partial charge in [-0.3, -0.25) is 10.2 Å². The number of amidine groups is 1. The van der Waals surface area contributed by atoms with Crippen LogP contribution >= 0.6 is 0 Å².